The second-order valence-corrected chi connectivity index (χ2v) is 4.43. The lowest BCUT2D eigenvalue weighted by molar-refractivity contribution is -0.146. The second kappa shape index (κ2) is 4.67. The molecular formula is C9H14BrF3. The summed E-state index contributed by atoms with van der Waals surface area (Å²) in [6.45, 7) is 0. The topological polar surface area (TPSA) is 0 Å². The summed E-state index contributed by atoms with van der Waals surface area (Å²) in [5, 5.41) is 0.483. The molecule has 0 heterocycles. The maximum Gasteiger partial charge on any atom is 0.389 e. The molecule has 13 heavy (non-hydrogen) atoms. The third-order valence-corrected chi connectivity index (χ3v) is 3.59. The summed E-state index contributed by atoms with van der Waals surface area (Å²) in [6.07, 6.45) is -0.458. The minimum atomic E-state index is -4.00. The molecule has 1 aliphatic rings. The van der Waals surface area contributed by atoms with Gasteiger partial charge >= 0.3 is 6.18 Å². The van der Waals surface area contributed by atoms with E-state index in [1.54, 1.807) is 0 Å². The molecule has 0 N–H and O–H groups in total. The Morgan fingerprint density at radius 2 is 1.77 bits per heavy atom. The molecule has 0 aromatic rings. The number of hydrogen-bond acceptors (Lipinski definition) is 0. The van der Waals surface area contributed by atoms with Gasteiger partial charge in [-0.3, -0.25) is 0 Å². The molecule has 0 aliphatic heterocycles. The van der Waals surface area contributed by atoms with Crippen LogP contribution in [0.3, 0.4) is 0 Å². The Morgan fingerprint density at radius 1 is 1.23 bits per heavy atom. The zero-order valence-corrected chi connectivity index (χ0v) is 9.00. The van der Waals surface area contributed by atoms with E-state index in [2.05, 4.69) is 15.9 Å². The highest BCUT2D eigenvalue weighted by atomic mass is 79.9. The number of alkyl halides is 4. The van der Waals surface area contributed by atoms with E-state index >= 15 is 0 Å². The average Bonchev–Trinajstić information content (AvgIpc) is 2.50. The molecule has 0 nitrogen and oxygen atoms in total. The van der Waals surface area contributed by atoms with Crippen LogP contribution in [0.2, 0.25) is 0 Å². The van der Waals surface area contributed by atoms with Crippen molar-refractivity contribution in [3.63, 3.8) is 0 Å². The van der Waals surface area contributed by atoms with Gasteiger partial charge in [-0.05, 0) is 11.8 Å². The van der Waals surface area contributed by atoms with Gasteiger partial charge in [0.05, 0.1) is 0 Å². The van der Waals surface area contributed by atoms with Crippen LogP contribution in [0.15, 0.2) is 0 Å². The van der Waals surface area contributed by atoms with E-state index in [1.807, 2.05) is 0 Å². The lowest BCUT2D eigenvalue weighted by atomic mass is 9.90. The fourth-order valence-electron chi connectivity index (χ4n) is 2.07. The molecule has 0 bridgehead atoms. The molecule has 0 aromatic carbocycles. The van der Waals surface area contributed by atoms with Gasteiger partial charge in [-0.15, -0.1) is 0 Å². The molecular weight excluding hydrogens is 245 g/mol. The van der Waals surface area contributed by atoms with Crippen molar-refractivity contribution < 1.29 is 13.2 Å². The predicted molar refractivity (Wildman–Crippen MR) is 49.9 cm³/mol. The average molecular weight is 259 g/mol. The van der Waals surface area contributed by atoms with Crippen molar-refractivity contribution in [2.75, 3.05) is 5.33 Å². The van der Waals surface area contributed by atoms with Crippen molar-refractivity contribution in [1.29, 1.82) is 0 Å². The van der Waals surface area contributed by atoms with Crippen LogP contribution in [0.1, 0.15) is 32.1 Å². The monoisotopic (exact) mass is 258 g/mol. The van der Waals surface area contributed by atoms with Gasteiger partial charge in [-0.2, -0.15) is 13.2 Å². The van der Waals surface area contributed by atoms with Crippen LogP contribution in [0, 0.1) is 11.8 Å². The second-order valence-electron chi connectivity index (χ2n) is 3.78. The minimum absolute atomic E-state index is 0.206. The highest BCUT2D eigenvalue weighted by molar-refractivity contribution is 9.09. The van der Waals surface area contributed by atoms with Crippen LogP contribution < -0.4 is 0 Å². The van der Waals surface area contributed by atoms with Crippen molar-refractivity contribution in [3.05, 3.63) is 0 Å². The Balaban J connectivity index is 2.42. The molecule has 1 saturated carbocycles. The summed E-state index contributed by atoms with van der Waals surface area (Å²) in [5.74, 6) is 0.0866. The Labute approximate surface area is 85.0 Å². The highest BCUT2D eigenvalue weighted by Crippen LogP contribution is 2.38. The molecule has 1 unspecified atom stereocenters. The number of halogens is 4. The third-order valence-electron chi connectivity index (χ3n) is 2.76. The fourth-order valence-corrected chi connectivity index (χ4v) is 2.83. The van der Waals surface area contributed by atoms with Crippen LogP contribution in [0.5, 0.6) is 0 Å². The molecule has 0 saturated heterocycles. The van der Waals surface area contributed by atoms with Crippen LogP contribution in [-0.2, 0) is 0 Å². The quantitative estimate of drug-likeness (QED) is 0.668. The van der Waals surface area contributed by atoms with Crippen LogP contribution in [0.25, 0.3) is 0 Å². The van der Waals surface area contributed by atoms with E-state index in [0.29, 0.717) is 11.2 Å². The molecule has 0 radical (unpaired) electrons. The third kappa shape index (κ3) is 3.88. The molecule has 1 atom stereocenters. The van der Waals surface area contributed by atoms with Crippen molar-refractivity contribution >= 4 is 15.9 Å². The standard InChI is InChI=1S/C9H14BrF3/c10-6-8(5-9(11,12)13)7-3-1-2-4-7/h7-8H,1-6H2. The van der Waals surface area contributed by atoms with Gasteiger partial charge < -0.3 is 0 Å². The first-order chi connectivity index (χ1) is 6.03. The summed E-state index contributed by atoms with van der Waals surface area (Å²) in [4.78, 5) is 0. The van der Waals surface area contributed by atoms with Crippen molar-refractivity contribution in [2.45, 2.75) is 38.3 Å². The van der Waals surface area contributed by atoms with Gasteiger partial charge in [0.1, 0.15) is 0 Å². The molecule has 1 aliphatic carbocycles. The Bertz CT molecular complexity index is 149. The molecule has 78 valence electrons. The van der Waals surface area contributed by atoms with Crippen molar-refractivity contribution in [3.8, 4) is 0 Å². The normalized spacial score (nSPS) is 22.2. The van der Waals surface area contributed by atoms with Gasteiger partial charge in [0.15, 0.2) is 0 Å². The summed E-state index contributed by atoms with van der Waals surface area (Å²) >= 11 is 3.18. The van der Waals surface area contributed by atoms with Crippen LogP contribution >= 0.6 is 15.9 Å². The first kappa shape index (κ1) is 11.3. The first-order valence-corrected chi connectivity index (χ1v) is 5.78. The van der Waals surface area contributed by atoms with E-state index in [0.717, 1.165) is 25.7 Å². The molecule has 4 heteroatoms. The Kier molecular flexibility index (Phi) is 4.07. The largest absolute Gasteiger partial charge is 0.389 e. The SMILES string of the molecule is FC(F)(F)CC(CBr)C1CCCC1. The molecule has 1 rings (SSSR count). The lowest BCUT2D eigenvalue weighted by Gasteiger charge is -2.22. The zero-order valence-electron chi connectivity index (χ0n) is 7.41. The van der Waals surface area contributed by atoms with E-state index in [4.69, 9.17) is 0 Å². The molecule has 0 aromatic heterocycles. The van der Waals surface area contributed by atoms with E-state index in [1.165, 1.54) is 0 Å². The van der Waals surface area contributed by atoms with E-state index in [9.17, 15) is 13.2 Å². The number of hydrogen-bond donors (Lipinski definition) is 0. The van der Waals surface area contributed by atoms with Gasteiger partial charge in [0.25, 0.3) is 0 Å². The lowest BCUT2D eigenvalue weighted by Crippen LogP contribution is -2.22. The first-order valence-electron chi connectivity index (χ1n) is 4.65. The predicted octanol–water partition coefficient (Wildman–Crippen LogP) is 4.14. The van der Waals surface area contributed by atoms with Gasteiger partial charge in [0.2, 0.25) is 0 Å². The molecule has 1 fully saturated rings. The number of rotatable bonds is 3. The smallest absolute Gasteiger partial charge is 0.171 e. The maximum atomic E-state index is 12.1. The maximum absolute atomic E-state index is 12.1. The summed E-state index contributed by atoms with van der Waals surface area (Å²) in [6, 6.07) is 0. The van der Waals surface area contributed by atoms with Crippen molar-refractivity contribution in [2.24, 2.45) is 11.8 Å². The Morgan fingerprint density at radius 3 is 2.15 bits per heavy atom. The van der Waals surface area contributed by atoms with Crippen molar-refractivity contribution in [1.82, 2.24) is 0 Å². The fraction of sp³-hybridized carbons (Fsp3) is 1.00. The van der Waals surface area contributed by atoms with E-state index < -0.39 is 12.6 Å². The van der Waals surface area contributed by atoms with E-state index in [-0.39, 0.29) is 5.92 Å². The molecule has 0 spiro atoms. The van der Waals surface area contributed by atoms with Gasteiger partial charge in [0, 0.05) is 11.8 Å². The highest BCUT2D eigenvalue weighted by Gasteiger charge is 2.35. The summed E-state index contributed by atoms with van der Waals surface area (Å²) in [5.41, 5.74) is 0. The summed E-state index contributed by atoms with van der Waals surface area (Å²) in [7, 11) is 0. The Hall–Kier alpha value is 0.270. The summed E-state index contributed by atoms with van der Waals surface area (Å²) < 4.78 is 36.4. The molecule has 0 amide bonds. The van der Waals surface area contributed by atoms with Gasteiger partial charge in [-0.1, -0.05) is 41.6 Å². The zero-order chi connectivity index (χ0) is 9.90. The van der Waals surface area contributed by atoms with Crippen LogP contribution in [-0.4, -0.2) is 11.5 Å². The van der Waals surface area contributed by atoms with Crippen LogP contribution in [0.4, 0.5) is 13.2 Å². The minimum Gasteiger partial charge on any atom is -0.171 e. The van der Waals surface area contributed by atoms with Gasteiger partial charge in [-0.25, -0.2) is 0 Å².